The largest absolute Gasteiger partial charge is 0.349 e. The van der Waals surface area contributed by atoms with Gasteiger partial charge in [0.2, 0.25) is 5.91 Å². The molecule has 1 aliphatic heterocycles. The van der Waals surface area contributed by atoms with Gasteiger partial charge >= 0.3 is 0 Å². The van der Waals surface area contributed by atoms with Crippen LogP contribution in [0.4, 0.5) is 0 Å². The standard InChI is InChI=1S/C11H18N2O/c1-9(2)7-11(14)13-8-10-3-5-12-6-4-10/h3,7,12H,4-6,8H2,1-2H3,(H,13,14). The molecule has 1 amide bonds. The zero-order chi connectivity index (χ0) is 10.4. The zero-order valence-corrected chi connectivity index (χ0v) is 8.89. The van der Waals surface area contributed by atoms with Gasteiger partial charge in [-0.3, -0.25) is 4.79 Å². The first-order chi connectivity index (χ1) is 6.68. The van der Waals surface area contributed by atoms with E-state index in [1.807, 2.05) is 13.8 Å². The number of carbonyl (C=O) groups excluding carboxylic acids is 1. The van der Waals surface area contributed by atoms with Crippen molar-refractivity contribution in [3.05, 3.63) is 23.3 Å². The van der Waals surface area contributed by atoms with Crippen LogP contribution in [0.1, 0.15) is 20.3 Å². The molecule has 0 atom stereocenters. The topological polar surface area (TPSA) is 41.1 Å². The van der Waals surface area contributed by atoms with Crippen molar-refractivity contribution in [2.24, 2.45) is 0 Å². The molecular formula is C11H18N2O. The molecule has 0 aliphatic carbocycles. The third-order valence-electron chi connectivity index (χ3n) is 2.07. The van der Waals surface area contributed by atoms with E-state index in [1.54, 1.807) is 6.08 Å². The van der Waals surface area contributed by atoms with Crippen LogP contribution < -0.4 is 10.6 Å². The van der Waals surface area contributed by atoms with Gasteiger partial charge < -0.3 is 10.6 Å². The van der Waals surface area contributed by atoms with Gasteiger partial charge in [-0.05, 0) is 26.8 Å². The highest BCUT2D eigenvalue weighted by Gasteiger charge is 2.03. The Morgan fingerprint density at radius 2 is 2.43 bits per heavy atom. The van der Waals surface area contributed by atoms with Crippen LogP contribution in [-0.2, 0) is 4.79 Å². The van der Waals surface area contributed by atoms with E-state index in [4.69, 9.17) is 0 Å². The number of rotatable bonds is 3. The third-order valence-corrected chi connectivity index (χ3v) is 2.07. The zero-order valence-electron chi connectivity index (χ0n) is 8.89. The first kappa shape index (κ1) is 11.0. The molecule has 1 aliphatic rings. The molecular weight excluding hydrogens is 176 g/mol. The lowest BCUT2D eigenvalue weighted by molar-refractivity contribution is -0.116. The van der Waals surface area contributed by atoms with Gasteiger partial charge in [0.05, 0.1) is 0 Å². The molecule has 78 valence electrons. The van der Waals surface area contributed by atoms with Gasteiger partial charge in [0.25, 0.3) is 0 Å². The molecule has 0 unspecified atom stereocenters. The van der Waals surface area contributed by atoms with Crippen LogP contribution in [0.15, 0.2) is 23.3 Å². The molecule has 0 aromatic carbocycles. The summed E-state index contributed by atoms with van der Waals surface area (Å²) in [7, 11) is 0. The normalized spacial score (nSPS) is 15.7. The fourth-order valence-corrected chi connectivity index (χ4v) is 1.34. The molecule has 0 radical (unpaired) electrons. The Hall–Kier alpha value is -1.09. The van der Waals surface area contributed by atoms with E-state index in [0.29, 0.717) is 6.54 Å². The van der Waals surface area contributed by atoms with Crippen LogP contribution in [0.2, 0.25) is 0 Å². The minimum atomic E-state index is 0.00410. The Morgan fingerprint density at radius 3 is 3.00 bits per heavy atom. The smallest absolute Gasteiger partial charge is 0.244 e. The minimum absolute atomic E-state index is 0.00410. The average molecular weight is 194 g/mol. The first-order valence-corrected chi connectivity index (χ1v) is 5.00. The predicted octanol–water partition coefficient (Wildman–Crippen LogP) is 0.988. The SMILES string of the molecule is CC(C)=CC(=O)NCC1=CCNCC1. The Kier molecular flexibility index (Phi) is 4.40. The van der Waals surface area contributed by atoms with Gasteiger partial charge in [0.15, 0.2) is 0 Å². The van der Waals surface area contributed by atoms with Gasteiger partial charge in [-0.2, -0.15) is 0 Å². The van der Waals surface area contributed by atoms with Gasteiger partial charge in [-0.25, -0.2) is 0 Å². The first-order valence-electron chi connectivity index (χ1n) is 5.00. The van der Waals surface area contributed by atoms with Crippen molar-refractivity contribution in [1.82, 2.24) is 10.6 Å². The van der Waals surface area contributed by atoms with E-state index in [0.717, 1.165) is 25.1 Å². The maximum atomic E-state index is 11.3. The summed E-state index contributed by atoms with van der Waals surface area (Å²) in [4.78, 5) is 11.3. The highest BCUT2D eigenvalue weighted by Crippen LogP contribution is 2.02. The van der Waals surface area contributed by atoms with Crippen LogP contribution in [-0.4, -0.2) is 25.5 Å². The number of hydrogen-bond donors (Lipinski definition) is 2. The van der Waals surface area contributed by atoms with Gasteiger partial charge in [-0.15, -0.1) is 0 Å². The molecule has 2 N–H and O–H groups in total. The maximum absolute atomic E-state index is 11.3. The van der Waals surface area contributed by atoms with Crippen molar-refractivity contribution >= 4 is 5.91 Å². The van der Waals surface area contributed by atoms with E-state index in [2.05, 4.69) is 16.7 Å². The van der Waals surface area contributed by atoms with E-state index >= 15 is 0 Å². The number of carbonyl (C=O) groups is 1. The summed E-state index contributed by atoms with van der Waals surface area (Å²) in [6.45, 7) is 6.47. The van der Waals surface area contributed by atoms with Crippen molar-refractivity contribution in [2.75, 3.05) is 19.6 Å². The van der Waals surface area contributed by atoms with Crippen LogP contribution in [0.3, 0.4) is 0 Å². The monoisotopic (exact) mass is 194 g/mol. The summed E-state index contributed by atoms with van der Waals surface area (Å²) >= 11 is 0. The average Bonchev–Trinajstić information content (AvgIpc) is 2.15. The lowest BCUT2D eigenvalue weighted by Gasteiger charge is -2.13. The van der Waals surface area contributed by atoms with Crippen molar-refractivity contribution in [3.63, 3.8) is 0 Å². The Morgan fingerprint density at radius 1 is 1.64 bits per heavy atom. The molecule has 3 heteroatoms. The summed E-state index contributed by atoms with van der Waals surface area (Å²) in [6, 6.07) is 0. The van der Waals surface area contributed by atoms with Gasteiger partial charge in [0, 0.05) is 19.2 Å². The molecule has 14 heavy (non-hydrogen) atoms. The Balaban J connectivity index is 2.29. The van der Waals surface area contributed by atoms with Crippen molar-refractivity contribution in [1.29, 1.82) is 0 Å². The summed E-state index contributed by atoms with van der Waals surface area (Å²) in [5.74, 6) is 0.00410. The molecule has 0 bridgehead atoms. The predicted molar refractivity (Wildman–Crippen MR) is 58.0 cm³/mol. The molecule has 0 saturated heterocycles. The lowest BCUT2D eigenvalue weighted by Crippen LogP contribution is -2.28. The fraction of sp³-hybridized carbons (Fsp3) is 0.545. The van der Waals surface area contributed by atoms with Gasteiger partial charge in [-0.1, -0.05) is 17.2 Å². The second-order valence-electron chi connectivity index (χ2n) is 3.76. The fourth-order valence-electron chi connectivity index (χ4n) is 1.34. The quantitative estimate of drug-likeness (QED) is 0.519. The molecule has 0 saturated carbocycles. The molecule has 0 fully saturated rings. The van der Waals surface area contributed by atoms with E-state index in [9.17, 15) is 4.79 Å². The minimum Gasteiger partial charge on any atom is -0.349 e. The van der Waals surface area contributed by atoms with Crippen LogP contribution >= 0.6 is 0 Å². The van der Waals surface area contributed by atoms with Crippen LogP contribution in [0, 0.1) is 0 Å². The Bertz CT molecular complexity index is 262. The lowest BCUT2D eigenvalue weighted by atomic mass is 10.1. The highest BCUT2D eigenvalue weighted by molar-refractivity contribution is 5.88. The summed E-state index contributed by atoms with van der Waals surface area (Å²) in [6.07, 6.45) is 4.81. The van der Waals surface area contributed by atoms with E-state index in [1.165, 1.54) is 5.57 Å². The molecule has 1 heterocycles. The van der Waals surface area contributed by atoms with Crippen LogP contribution in [0.5, 0.6) is 0 Å². The molecule has 0 aromatic heterocycles. The number of allylic oxidation sites excluding steroid dienone is 1. The second kappa shape index (κ2) is 5.60. The maximum Gasteiger partial charge on any atom is 0.244 e. The van der Waals surface area contributed by atoms with Crippen LogP contribution in [0.25, 0.3) is 0 Å². The molecule has 1 rings (SSSR count). The summed E-state index contributed by atoms with van der Waals surface area (Å²) < 4.78 is 0. The third kappa shape index (κ3) is 4.23. The molecule has 3 nitrogen and oxygen atoms in total. The van der Waals surface area contributed by atoms with Crippen molar-refractivity contribution in [3.8, 4) is 0 Å². The number of amides is 1. The highest BCUT2D eigenvalue weighted by atomic mass is 16.1. The van der Waals surface area contributed by atoms with Crippen molar-refractivity contribution < 1.29 is 4.79 Å². The van der Waals surface area contributed by atoms with E-state index < -0.39 is 0 Å². The number of nitrogens with one attached hydrogen (secondary N) is 2. The second-order valence-corrected chi connectivity index (χ2v) is 3.76. The molecule has 0 aromatic rings. The van der Waals surface area contributed by atoms with E-state index in [-0.39, 0.29) is 5.91 Å². The molecule has 0 spiro atoms. The number of hydrogen-bond acceptors (Lipinski definition) is 2. The summed E-state index contributed by atoms with van der Waals surface area (Å²) in [5, 5.41) is 6.11. The Labute approximate surface area is 85.3 Å². The summed E-state index contributed by atoms with van der Waals surface area (Å²) in [5.41, 5.74) is 2.35. The van der Waals surface area contributed by atoms with Crippen molar-refractivity contribution in [2.45, 2.75) is 20.3 Å². The van der Waals surface area contributed by atoms with Gasteiger partial charge in [0.1, 0.15) is 0 Å².